The van der Waals surface area contributed by atoms with Crippen molar-refractivity contribution in [2.75, 3.05) is 5.75 Å². The van der Waals surface area contributed by atoms with Crippen LogP contribution >= 0.6 is 11.8 Å². The fraction of sp³-hybridized carbons (Fsp3) is 0.333. The summed E-state index contributed by atoms with van der Waals surface area (Å²) in [7, 11) is 0. The lowest BCUT2D eigenvalue weighted by Crippen LogP contribution is -2.33. The van der Waals surface area contributed by atoms with Gasteiger partial charge >= 0.3 is 0 Å². The van der Waals surface area contributed by atoms with Crippen molar-refractivity contribution in [3.63, 3.8) is 0 Å². The molecule has 0 unspecified atom stereocenters. The van der Waals surface area contributed by atoms with Crippen molar-refractivity contribution in [3.8, 4) is 0 Å². The number of thioether (sulfide) groups is 1. The van der Waals surface area contributed by atoms with Gasteiger partial charge < -0.3 is 5.32 Å². The summed E-state index contributed by atoms with van der Waals surface area (Å²) < 4.78 is 3.35. The number of carbonyl (C=O) groups is 1. The minimum Gasteiger partial charge on any atom is -0.353 e. The van der Waals surface area contributed by atoms with Crippen molar-refractivity contribution >= 4 is 34.3 Å². The van der Waals surface area contributed by atoms with E-state index >= 15 is 0 Å². The van der Waals surface area contributed by atoms with E-state index in [1.807, 2.05) is 36.4 Å². The molecule has 2 heterocycles. The Morgan fingerprint density at radius 1 is 1.38 bits per heavy atom. The molecule has 0 aliphatic heterocycles. The van der Waals surface area contributed by atoms with Gasteiger partial charge in [-0.2, -0.15) is 0 Å². The van der Waals surface area contributed by atoms with Gasteiger partial charge in [-0.3, -0.25) is 18.6 Å². The molecule has 0 spiro atoms. The first-order chi connectivity index (χ1) is 12.6. The Kier molecular flexibility index (Phi) is 5.41. The van der Waals surface area contributed by atoms with E-state index in [9.17, 15) is 9.59 Å². The average Bonchev–Trinajstić information content (AvgIpc) is 3.07. The van der Waals surface area contributed by atoms with Gasteiger partial charge in [-0.1, -0.05) is 36.9 Å². The first-order valence-corrected chi connectivity index (χ1v) is 9.45. The molecule has 8 heteroatoms. The Balaban J connectivity index is 2.04. The normalized spacial score (nSPS) is 12.4. The van der Waals surface area contributed by atoms with Crippen molar-refractivity contribution in [1.29, 1.82) is 0 Å². The molecular formula is C18H21N5O2S. The van der Waals surface area contributed by atoms with Crippen molar-refractivity contribution in [2.24, 2.45) is 0 Å². The maximum atomic E-state index is 12.7. The third-order valence-electron chi connectivity index (χ3n) is 4.14. The summed E-state index contributed by atoms with van der Waals surface area (Å²) in [4.78, 5) is 24.8. The molecular weight excluding hydrogens is 350 g/mol. The molecule has 1 amide bonds. The molecule has 26 heavy (non-hydrogen) atoms. The summed E-state index contributed by atoms with van der Waals surface area (Å²) in [5.41, 5.74) is 0.592. The van der Waals surface area contributed by atoms with Gasteiger partial charge in [0.1, 0.15) is 0 Å². The molecule has 1 atom stereocenters. The number of aromatic nitrogens is 4. The maximum absolute atomic E-state index is 12.7. The minimum atomic E-state index is -0.133. The zero-order valence-electron chi connectivity index (χ0n) is 14.8. The van der Waals surface area contributed by atoms with Crippen LogP contribution in [0.25, 0.3) is 16.7 Å². The van der Waals surface area contributed by atoms with Gasteiger partial charge in [0.2, 0.25) is 11.7 Å². The van der Waals surface area contributed by atoms with Crippen molar-refractivity contribution in [1.82, 2.24) is 24.5 Å². The molecule has 0 bridgehead atoms. The highest BCUT2D eigenvalue weighted by atomic mass is 32.2. The topological polar surface area (TPSA) is 81.3 Å². The number of rotatable bonds is 7. The number of nitrogens with one attached hydrogen (secondary N) is 1. The van der Waals surface area contributed by atoms with Crippen molar-refractivity contribution in [2.45, 2.75) is 38.0 Å². The summed E-state index contributed by atoms with van der Waals surface area (Å²) in [5.74, 6) is 0.628. The molecule has 3 rings (SSSR count). The summed E-state index contributed by atoms with van der Waals surface area (Å²) in [6, 6.07) is 7.46. The zero-order chi connectivity index (χ0) is 18.7. The third-order valence-corrected chi connectivity index (χ3v) is 5.07. The number of benzene rings is 1. The molecule has 0 radical (unpaired) electrons. The molecule has 3 aromatic rings. The van der Waals surface area contributed by atoms with E-state index in [2.05, 4.69) is 22.1 Å². The quantitative estimate of drug-likeness (QED) is 0.509. The number of fused-ring (bicyclic) bond motifs is 3. The van der Waals surface area contributed by atoms with Crippen LogP contribution in [0, 0.1) is 0 Å². The van der Waals surface area contributed by atoms with Crippen LogP contribution in [0.5, 0.6) is 0 Å². The lowest BCUT2D eigenvalue weighted by Gasteiger charge is -2.11. The van der Waals surface area contributed by atoms with E-state index in [0.717, 1.165) is 11.9 Å². The lowest BCUT2D eigenvalue weighted by atomic mass is 10.2. The summed E-state index contributed by atoms with van der Waals surface area (Å²) in [6.07, 6.45) is 2.53. The summed E-state index contributed by atoms with van der Waals surface area (Å²) in [6.45, 7) is 8.04. The largest absolute Gasteiger partial charge is 0.353 e. The second kappa shape index (κ2) is 7.74. The number of hydrogen-bond acceptors (Lipinski definition) is 5. The van der Waals surface area contributed by atoms with Gasteiger partial charge in [0.15, 0.2) is 5.16 Å². The molecule has 0 saturated heterocycles. The highest BCUT2D eigenvalue weighted by Gasteiger charge is 2.17. The van der Waals surface area contributed by atoms with Crippen molar-refractivity contribution < 1.29 is 4.79 Å². The molecule has 0 saturated carbocycles. The Morgan fingerprint density at radius 2 is 2.15 bits per heavy atom. The van der Waals surface area contributed by atoms with Crippen LogP contribution in [-0.2, 0) is 11.3 Å². The molecule has 0 aliphatic carbocycles. The van der Waals surface area contributed by atoms with Crippen LogP contribution in [0.1, 0.15) is 20.3 Å². The smallest absolute Gasteiger partial charge is 0.263 e. The molecule has 136 valence electrons. The fourth-order valence-corrected chi connectivity index (χ4v) is 3.42. The molecule has 0 aliphatic rings. The van der Waals surface area contributed by atoms with Crippen LogP contribution in [-0.4, -0.2) is 36.9 Å². The first kappa shape index (κ1) is 18.2. The summed E-state index contributed by atoms with van der Waals surface area (Å²) in [5, 5.41) is 12.5. The highest BCUT2D eigenvalue weighted by Crippen LogP contribution is 2.21. The molecule has 2 aromatic heterocycles. The number of hydrogen-bond donors (Lipinski definition) is 1. The summed E-state index contributed by atoms with van der Waals surface area (Å²) >= 11 is 1.30. The number of nitrogens with zero attached hydrogens (tertiary/aromatic N) is 4. The molecule has 7 nitrogen and oxygen atoms in total. The van der Waals surface area contributed by atoms with Gasteiger partial charge in [-0.05, 0) is 25.5 Å². The Morgan fingerprint density at radius 3 is 2.88 bits per heavy atom. The van der Waals surface area contributed by atoms with Crippen LogP contribution < -0.4 is 10.9 Å². The van der Waals surface area contributed by atoms with Crippen LogP contribution in [0.2, 0.25) is 0 Å². The predicted octanol–water partition coefficient (Wildman–Crippen LogP) is 2.24. The predicted molar refractivity (Wildman–Crippen MR) is 104 cm³/mol. The van der Waals surface area contributed by atoms with Gasteiger partial charge in [0, 0.05) is 12.6 Å². The van der Waals surface area contributed by atoms with E-state index in [1.54, 1.807) is 12.1 Å². The fourth-order valence-electron chi connectivity index (χ4n) is 2.67. The first-order valence-electron chi connectivity index (χ1n) is 8.46. The number of allylic oxidation sites excluding steroid dienone is 1. The molecule has 1 N–H and O–H groups in total. The second-order valence-corrected chi connectivity index (χ2v) is 6.95. The van der Waals surface area contributed by atoms with Crippen molar-refractivity contribution in [3.05, 3.63) is 47.3 Å². The van der Waals surface area contributed by atoms with Gasteiger partial charge in [-0.25, -0.2) is 0 Å². The lowest BCUT2D eigenvalue weighted by molar-refractivity contribution is -0.119. The van der Waals surface area contributed by atoms with E-state index < -0.39 is 0 Å². The number of para-hydroxylation sites is 1. The van der Waals surface area contributed by atoms with E-state index in [0.29, 0.717) is 22.9 Å². The van der Waals surface area contributed by atoms with E-state index in [1.165, 1.54) is 16.3 Å². The third kappa shape index (κ3) is 3.37. The monoisotopic (exact) mass is 371 g/mol. The second-order valence-electron chi connectivity index (χ2n) is 6.01. The number of carbonyl (C=O) groups excluding carboxylic acids is 1. The van der Waals surface area contributed by atoms with E-state index in [-0.39, 0.29) is 23.3 Å². The van der Waals surface area contributed by atoms with Gasteiger partial charge in [-0.15, -0.1) is 16.8 Å². The van der Waals surface area contributed by atoms with Gasteiger partial charge in [0.05, 0.1) is 16.7 Å². The zero-order valence-corrected chi connectivity index (χ0v) is 15.6. The Labute approximate surface area is 155 Å². The Bertz CT molecular complexity index is 1020. The standard InChI is InChI=1S/C18H21N5O2S/c1-4-10-22-16(25)13-8-6-7-9-14(13)23-17(22)20-21-18(23)26-11-15(24)19-12(3)5-2/h4,6-9,12H,1,5,10-11H2,2-3H3,(H,19,24)/t12-/m1/s1. The molecule has 1 aromatic carbocycles. The maximum Gasteiger partial charge on any atom is 0.263 e. The average molecular weight is 371 g/mol. The van der Waals surface area contributed by atoms with Crippen LogP contribution in [0.4, 0.5) is 0 Å². The van der Waals surface area contributed by atoms with Gasteiger partial charge in [0.25, 0.3) is 5.56 Å². The van der Waals surface area contributed by atoms with E-state index in [4.69, 9.17) is 0 Å². The van der Waals surface area contributed by atoms with Crippen LogP contribution in [0.15, 0.2) is 46.9 Å². The SMILES string of the molecule is C=CCn1c(=O)c2ccccc2n2c(SCC(=O)N[C@H](C)CC)nnc12. The Hall–Kier alpha value is -2.61. The minimum absolute atomic E-state index is 0.0511. The number of amides is 1. The van der Waals surface area contributed by atoms with Crippen LogP contribution in [0.3, 0.4) is 0 Å². The highest BCUT2D eigenvalue weighted by molar-refractivity contribution is 7.99. The molecule has 0 fully saturated rings.